The van der Waals surface area contributed by atoms with E-state index in [1.165, 1.54) is 12.1 Å². The zero-order chi connectivity index (χ0) is 16.6. The Morgan fingerprint density at radius 1 is 1.17 bits per heavy atom. The lowest BCUT2D eigenvalue weighted by Crippen LogP contribution is -2.10. The first-order valence-corrected chi connectivity index (χ1v) is 9.43. The van der Waals surface area contributed by atoms with Crippen molar-refractivity contribution >= 4 is 21.4 Å². The number of hydrogen-bond donors (Lipinski definition) is 1. The topological polar surface area (TPSA) is 71.4 Å². The van der Waals surface area contributed by atoms with Crippen LogP contribution >= 0.6 is 0 Å². The molecule has 0 radical (unpaired) electrons. The molecule has 2 saturated carbocycles. The molecule has 2 fully saturated rings. The first-order valence-electron chi connectivity index (χ1n) is 7.88. The Balaban J connectivity index is 1.95. The number of benzene rings is 1. The van der Waals surface area contributed by atoms with Crippen molar-refractivity contribution in [1.82, 2.24) is 0 Å². The van der Waals surface area contributed by atoms with Gasteiger partial charge in [0.05, 0.1) is 10.8 Å². The molecule has 124 valence electrons. The zero-order valence-corrected chi connectivity index (χ0v) is 13.5. The number of aliphatic carboxylic acids is 1. The number of carboxylic acids is 1. The molecule has 0 heterocycles. The Bertz CT molecular complexity index is 757. The van der Waals surface area contributed by atoms with Crippen molar-refractivity contribution in [3.8, 4) is 0 Å². The van der Waals surface area contributed by atoms with Crippen molar-refractivity contribution in [2.75, 3.05) is 0 Å². The van der Waals surface area contributed by atoms with E-state index in [0.717, 1.165) is 31.7 Å². The summed E-state index contributed by atoms with van der Waals surface area (Å²) in [5, 5.41) is 8.91. The van der Waals surface area contributed by atoms with Gasteiger partial charge in [-0.25, -0.2) is 17.6 Å². The molecule has 0 aromatic heterocycles. The van der Waals surface area contributed by atoms with Crippen molar-refractivity contribution in [2.45, 2.75) is 48.7 Å². The predicted octanol–water partition coefficient (Wildman–Crippen LogP) is 3.42. The lowest BCUT2D eigenvalue weighted by Gasteiger charge is -2.10. The van der Waals surface area contributed by atoms with Crippen LogP contribution in [-0.2, 0) is 14.6 Å². The van der Waals surface area contributed by atoms with E-state index in [1.807, 2.05) is 0 Å². The molecule has 0 saturated heterocycles. The van der Waals surface area contributed by atoms with Gasteiger partial charge in [0.25, 0.3) is 0 Å². The van der Waals surface area contributed by atoms with Crippen LogP contribution in [-0.4, -0.2) is 24.7 Å². The quantitative estimate of drug-likeness (QED) is 0.835. The maximum atomic E-state index is 14.3. The summed E-state index contributed by atoms with van der Waals surface area (Å²) in [4.78, 5) is 11.2. The van der Waals surface area contributed by atoms with Gasteiger partial charge in [0.2, 0.25) is 0 Å². The monoisotopic (exact) mass is 338 g/mol. The number of halogens is 1. The summed E-state index contributed by atoms with van der Waals surface area (Å²) in [5.41, 5.74) is 0.266. The first kappa shape index (κ1) is 16.2. The molecular formula is C17H19FO4S. The SMILES string of the molecule is O=C(O)/C(=C/C1CCCC1)c1ccc(S(=O)(=O)C2CC2)c(F)c1. The van der Waals surface area contributed by atoms with Crippen LogP contribution in [0.3, 0.4) is 0 Å². The van der Waals surface area contributed by atoms with E-state index >= 15 is 0 Å². The van der Waals surface area contributed by atoms with Crippen LogP contribution in [0.1, 0.15) is 44.1 Å². The third-order valence-corrected chi connectivity index (χ3v) is 6.84. The molecule has 0 spiro atoms. The van der Waals surface area contributed by atoms with Gasteiger partial charge in [-0.05, 0) is 49.3 Å². The average Bonchev–Trinajstić information content (AvgIpc) is 3.23. The lowest BCUT2D eigenvalue weighted by atomic mass is 9.99. The maximum absolute atomic E-state index is 14.3. The lowest BCUT2D eigenvalue weighted by molar-refractivity contribution is -0.130. The smallest absolute Gasteiger partial charge is 0.335 e. The minimum absolute atomic E-state index is 0.0474. The predicted molar refractivity (Wildman–Crippen MR) is 84.2 cm³/mol. The molecule has 0 bridgehead atoms. The summed E-state index contributed by atoms with van der Waals surface area (Å²) in [6.07, 6.45) is 6.82. The summed E-state index contributed by atoms with van der Waals surface area (Å²) in [7, 11) is -3.62. The van der Waals surface area contributed by atoms with Crippen LogP contribution in [0, 0.1) is 11.7 Å². The maximum Gasteiger partial charge on any atom is 0.335 e. The van der Waals surface area contributed by atoms with Crippen molar-refractivity contribution in [2.24, 2.45) is 5.92 Å². The largest absolute Gasteiger partial charge is 0.478 e. The van der Waals surface area contributed by atoms with E-state index < -0.39 is 26.9 Å². The number of sulfone groups is 1. The molecule has 4 nitrogen and oxygen atoms in total. The van der Waals surface area contributed by atoms with Gasteiger partial charge in [-0.15, -0.1) is 0 Å². The van der Waals surface area contributed by atoms with Gasteiger partial charge in [0.1, 0.15) is 10.7 Å². The molecule has 3 rings (SSSR count). The Hall–Kier alpha value is -1.69. The Kier molecular flexibility index (Phi) is 4.27. The Morgan fingerprint density at radius 3 is 2.35 bits per heavy atom. The second-order valence-electron chi connectivity index (χ2n) is 6.32. The Morgan fingerprint density at radius 2 is 1.83 bits per heavy atom. The zero-order valence-electron chi connectivity index (χ0n) is 12.7. The van der Waals surface area contributed by atoms with Crippen molar-refractivity contribution in [1.29, 1.82) is 0 Å². The molecule has 23 heavy (non-hydrogen) atoms. The minimum atomic E-state index is -3.62. The fourth-order valence-corrected chi connectivity index (χ4v) is 4.81. The molecule has 1 aromatic carbocycles. The number of carbonyl (C=O) groups is 1. The highest BCUT2D eigenvalue weighted by atomic mass is 32.2. The van der Waals surface area contributed by atoms with Crippen LogP contribution < -0.4 is 0 Å². The number of rotatable bonds is 5. The van der Waals surface area contributed by atoms with Gasteiger partial charge in [-0.2, -0.15) is 0 Å². The number of carboxylic acid groups (broad SMARTS) is 1. The van der Waals surface area contributed by atoms with Crippen LogP contribution in [0.25, 0.3) is 5.57 Å². The molecule has 1 aromatic rings. The van der Waals surface area contributed by atoms with Gasteiger partial charge in [0, 0.05) is 0 Å². The van der Waals surface area contributed by atoms with Gasteiger partial charge in [-0.3, -0.25) is 0 Å². The van der Waals surface area contributed by atoms with E-state index in [2.05, 4.69) is 0 Å². The molecular weight excluding hydrogens is 319 g/mol. The van der Waals surface area contributed by atoms with E-state index in [-0.39, 0.29) is 21.9 Å². The van der Waals surface area contributed by atoms with Crippen LogP contribution in [0.4, 0.5) is 4.39 Å². The van der Waals surface area contributed by atoms with Gasteiger partial charge in [-0.1, -0.05) is 25.0 Å². The van der Waals surface area contributed by atoms with E-state index in [9.17, 15) is 22.7 Å². The van der Waals surface area contributed by atoms with Crippen LogP contribution in [0.15, 0.2) is 29.2 Å². The molecule has 0 unspecified atom stereocenters. The summed E-state index contributed by atoms with van der Waals surface area (Å²) < 4.78 is 38.5. The second-order valence-corrected chi connectivity index (χ2v) is 8.52. The van der Waals surface area contributed by atoms with Gasteiger partial charge >= 0.3 is 5.97 Å². The van der Waals surface area contributed by atoms with Gasteiger partial charge < -0.3 is 5.11 Å². The molecule has 0 aliphatic heterocycles. The van der Waals surface area contributed by atoms with Crippen molar-refractivity contribution in [3.63, 3.8) is 0 Å². The molecule has 6 heteroatoms. The highest BCUT2D eigenvalue weighted by molar-refractivity contribution is 7.92. The first-order chi connectivity index (χ1) is 10.9. The third kappa shape index (κ3) is 3.32. The Labute approximate surface area is 134 Å². The second kappa shape index (κ2) is 6.07. The third-order valence-electron chi connectivity index (χ3n) is 4.55. The number of hydrogen-bond acceptors (Lipinski definition) is 3. The van der Waals surface area contributed by atoms with E-state index in [0.29, 0.717) is 12.8 Å². The average molecular weight is 338 g/mol. The van der Waals surface area contributed by atoms with Gasteiger partial charge in [0.15, 0.2) is 9.84 Å². The molecule has 0 atom stereocenters. The molecule has 0 amide bonds. The molecule has 1 N–H and O–H groups in total. The molecule has 2 aliphatic carbocycles. The minimum Gasteiger partial charge on any atom is -0.478 e. The summed E-state index contributed by atoms with van der Waals surface area (Å²) in [5.74, 6) is -1.79. The fraction of sp³-hybridized carbons (Fsp3) is 0.471. The van der Waals surface area contributed by atoms with E-state index in [4.69, 9.17) is 0 Å². The van der Waals surface area contributed by atoms with Crippen molar-refractivity contribution < 1.29 is 22.7 Å². The normalized spacial score (nSPS) is 20.0. The number of allylic oxidation sites excluding steroid dienone is 1. The standard InChI is InChI=1S/C17H19FO4S/c18-15-10-12(5-8-16(15)23(21,22)13-6-7-13)14(17(19)20)9-11-3-1-2-4-11/h5,8-11,13H,1-4,6-7H2,(H,19,20)/b14-9+. The summed E-state index contributed by atoms with van der Waals surface area (Å²) in [6, 6.07) is 3.63. The van der Waals surface area contributed by atoms with Crippen LogP contribution in [0.5, 0.6) is 0 Å². The fourth-order valence-electron chi connectivity index (χ4n) is 3.11. The highest BCUT2D eigenvalue weighted by Crippen LogP contribution is 2.35. The van der Waals surface area contributed by atoms with Crippen molar-refractivity contribution in [3.05, 3.63) is 35.7 Å². The summed E-state index contributed by atoms with van der Waals surface area (Å²) in [6.45, 7) is 0. The van der Waals surface area contributed by atoms with E-state index in [1.54, 1.807) is 6.08 Å². The summed E-state index contributed by atoms with van der Waals surface area (Å²) >= 11 is 0. The molecule has 2 aliphatic rings. The highest BCUT2D eigenvalue weighted by Gasteiger charge is 2.38. The van der Waals surface area contributed by atoms with Crippen LogP contribution in [0.2, 0.25) is 0 Å².